The summed E-state index contributed by atoms with van der Waals surface area (Å²) in [5.41, 5.74) is 2.05. The quantitative estimate of drug-likeness (QED) is 0.538. The van der Waals surface area contributed by atoms with Gasteiger partial charge >= 0.3 is 0 Å². The summed E-state index contributed by atoms with van der Waals surface area (Å²) >= 11 is 0. The van der Waals surface area contributed by atoms with Gasteiger partial charge in [0, 0.05) is 0 Å². The Morgan fingerprint density at radius 2 is 1.62 bits per heavy atom. The molecule has 0 N–H and O–H groups in total. The first-order valence-electron chi connectivity index (χ1n) is 7.42. The first kappa shape index (κ1) is 14.9. The number of benzene rings is 3. The molecule has 0 fully saturated rings. The molecule has 5 nitrogen and oxygen atoms in total. The minimum Gasteiger partial charge on any atom is -0.742 e. The van der Waals surface area contributed by atoms with Gasteiger partial charge in [0.2, 0.25) is 5.16 Å². The van der Waals surface area contributed by atoms with Crippen molar-refractivity contribution in [2.24, 2.45) is 0 Å². The molecular formula is C18H13N2O3S-. The van der Waals surface area contributed by atoms with Gasteiger partial charge in [-0.15, -0.1) is 0 Å². The van der Waals surface area contributed by atoms with Crippen molar-refractivity contribution in [3.63, 3.8) is 0 Å². The van der Waals surface area contributed by atoms with E-state index in [2.05, 4.69) is 4.98 Å². The average molecular weight is 337 g/mol. The molecule has 0 aliphatic heterocycles. The molecule has 0 saturated carbocycles. The van der Waals surface area contributed by atoms with Crippen LogP contribution in [-0.4, -0.2) is 22.5 Å². The fourth-order valence-electron chi connectivity index (χ4n) is 3.00. The molecule has 24 heavy (non-hydrogen) atoms. The zero-order chi connectivity index (χ0) is 16.7. The van der Waals surface area contributed by atoms with Crippen LogP contribution in [0.15, 0.2) is 71.9 Å². The predicted octanol–water partition coefficient (Wildman–Crippen LogP) is 3.14. The van der Waals surface area contributed by atoms with Crippen LogP contribution in [0.3, 0.4) is 0 Å². The Morgan fingerprint density at radius 1 is 0.917 bits per heavy atom. The molecule has 0 atom stereocenters. The fourth-order valence-corrected chi connectivity index (χ4v) is 3.64. The number of hydrogen-bond acceptors (Lipinski definition) is 4. The van der Waals surface area contributed by atoms with Crippen molar-refractivity contribution in [2.45, 2.75) is 11.7 Å². The van der Waals surface area contributed by atoms with E-state index < -0.39 is 15.3 Å². The van der Waals surface area contributed by atoms with E-state index in [0.717, 1.165) is 16.3 Å². The Bertz CT molecular complexity index is 1160. The third-order valence-electron chi connectivity index (χ3n) is 4.05. The molecule has 6 heteroatoms. The molecule has 0 unspecified atom stereocenters. The second kappa shape index (κ2) is 5.43. The van der Waals surface area contributed by atoms with E-state index in [1.165, 1.54) is 4.57 Å². The SMILES string of the molecule is O=S(=O)([O-])c1nc2ccccc2n1Cc1cccc2ccccc12. The topological polar surface area (TPSA) is 75.0 Å². The van der Waals surface area contributed by atoms with Gasteiger partial charge in [-0.1, -0.05) is 54.6 Å². The molecule has 0 bridgehead atoms. The third-order valence-corrected chi connectivity index (χ3v) is 4.81. The average Bonchev–Trinajstić information content (AvgIpc) is 2.94. The molecule has 1 heterocycles. The summed E-state index contributed by atoms with van der Waals surface area (Å²) in [6.45, 7) is 0.263. The van der Waals surface area contributed by atoms with E-state index >= 15 is 0 Å². The standard InChI is InChI=1S/C18H14N2O3S/c21-24(22,23)18-19-16-10-3-4-11-17(16)20(18)12-14-8-5-7-13-6-1-2-9-15(13)14/h1-11H,12H2,(H,21,22,23)/p-1. The molecule has 0 aliphatic rings. The van der Waals surface area contributed by atoms with E-state index in [-0.39, 0.29) is 6.54 Å². The van der Waals surface area contributed by atoms with Gasteiger partial charge < -0.3 is 9.12 Å². The highest BCUT2D eigenvalue weighted by molar-refractivity contribution is 7.85. The van der Waals surface area contributed by atoms with Gasteiger partial charge in [-0.05, 0) is 28.5 Å². The van der Waals surface area contributed by atoms with Crippen molar-refractivity contribution in [1.29, 1.82) is 0 Å². The van der Waals surface area contributed by atoms with Crippen molar-refractivity contribution in [2.75, 3.05) is 0 Å². The molecule has 0 amide bonds. The van der Waals surface area contributed by atoms with E-state index in [1.54, 1.807) is 24.3 Å². The Morgan fingerprint density at radius 3 is 2.46 bits per heavy atom. The summed E-state index contributed by atoms with van der Waals surface area (Å²) in [5, 5.41) is 1.63. The maximum Gasteiger partial charge on any atom is 0.216 e. The normalized spacial score (nSPS) is 12.0. The van der Waals surface area contributed by atoms with Crippen LogP contribution in [0.1, 0.15) is 5.56 Å². The molecule has 3 aromatic carbocycles. The fraction of sp³-hybridized carbons (Fsp3) is 0.0556. The number of para-hydroxylation sites is 2. The van der Waals surface area contributed by atoms with Gasteiger partial charge in [-0.25, -0.2) is 13.4 Å². The van der Waals surface area contributed by atoms with Gasteiger partial charge in [0.1, 0.15) is 0 Å². The van der Waals surface area contributed by atoms with Gasteiger partial charge in [-0.3, -0.25) is 0 Å². The second-order valence-electron chi connectivity index (χ2n) is 5.56. The Hall–Kier alpha value is -2.70. The number of rotatable bonds is 3. The molecule has 4 aromatic rings. The summed E-state index contributed by atoms with van der Waals surface area (Å²) in [6.07, 6.45) is 0. The highest BCUT2D eigenvalue weighted by atomic mass is 32.2. The smallest absolute Gasteiger partial charge is 0.216 e. The molecule has 4 rings (SSSR count). The summed E-state index contributed by atoms with van der Waals surface area (Å²) in [6, 6.07) is 20.7. The first-order chi connectivity index (χ1) is 11.5. The van der Waals surface area contributed by atoms with Crippen molar-refractivity contribution in [3.05, 3.63) is 72.3 Å². The Labute approximate surface area is 138 Å². The van der Waals surface area contributed by atoms with Crippen LogP contribution in [-0.2, 0) is 16.7 Å². The minimum atomic E-state index is -4.67. The number of imidazole rings is 1. The summed E-state index contributed by atoms with van der Waals surface area (Å²) < 4.78 is 36.4. The van der Waals surface area contributed by atoms with Crippen molar-refractivity contribution in [1.82, 2.24) is 9.55 Å². The second-order valence-corrected chi connectivity index (χ2v) is 6.84. The Kier molecular flexibility index (Phi) is 3.37. The van der Waals surface area contributed by atoms with Crippen molar-refractivity contribution >= 4 is 31.9 Å². The van der Waals surface area contributed by atoms with Crippen LogP contribution >= 0.6 is 0 Å². The van der Waals surface area contributed by atoms with Gasteiger partial charge in [0.15, 0.2) is 10.1 Å². The predicted molar refractivity (Wildman–Crippen MR) is 90.7 cm³/mol. The van der Waals surface area contributed by atoms with Crippen LogP contribution in [0.5, 0.6) is 0 Å². The maximum absolute atomic E-state index is 11.6. The minimum absolute atomic E-state index is 0.263. The maximum atomic E-state index is 11.6. The molecular weight excluding hydrogens is 324 g/mol. The molecule has 1 aromatic heterocycles. The molecule has 120 valence electrons. The van der Waals surface area contributed by atoms with Crippen LogP contribution in [0.2, 0.25) is 0 Å². The highest BCUT2D eigenvalue weighted by Crippen LogP contribution is 2.24. The molecule has 0 spiro atoms. The number of hydrogen-bond donors (Lipinski definition) is 0. The van der Waals surface area contributed by atoms with Crippen LogP contribution in [0.4, 0.5) is 0 Å². The summed E-state index contributed by atoms with van der Waals surface area (Å²) in [4.78, 5) is 4.02. The van der Waals surface area contributed by atoms with Crippen molar-refractivity contribution < 1.29 is 13.0 Å². The van der Waals surface area contributed by atoms with Gasteiger partial charge in [0.05, 0.1) is 17.6 Å². The van der Waals surface area contributed by atoms with E-state index in [0.29, 0.717) is 11.0 Å². The van der Waals surface area contributed by atoms with Crippen LogP contribution in [0, 0.1) is 0 Å². The van der Waals surface area contributed by atoms with Gasteiger partial charge in [-0.2, -0.15) is 0 Å². The lowest BCUT2D eigenvalue weighted by Crippen LogP contribution is -2.11. The lowest BCUT2D eigenvalue weighted by molar-refractivity contribution is 0.448. The van der Waals surface area contributed by atoms with Crippen LogP contribution < -0.4 is 0 Å². The number of aromatic nitrogens is 2. The van der Waals surface area contributed by atoms with E-state index in [4.69, 9.17) is 0 Å². The first-order valence-corrected chi connectivity index (χ1v) is 8.83. The molecule has 0 saturated heterocycles. The monoisotopic (exact) mass is 337 g/mol. The molecule has 0 radical (unpaired) electrons. The zero-order valence-electron chi connectivity index (χ0n) is 12.6. The number of nitrogens with zero attached hydrogens (tertiary/aromatic N) is 2. The van der Waals surface area contributed by atoms with E-state index in [1.807, 2.05) is 42.5 Å². The largest absolute Gasteiger partial charge is 0.742 e. The highest BCUT2D eigenvalue weighted by Gasteiger charge is 2.16. The zero-order valence-corrected chi connectivity index (χ0v) is 13.4. The molecule has 0 aliphatic carbocycles. The van der Waals surface area contributed by atoms with Gasteiger partial charge in [0.25, 0.3) is 0 Å². The van der Waals surface area contributed by atoms with Crippen LogP contribution in [0.25, 0.3) is 21.8 Å². The summed E-state index contributed by atoms with van der Waals surface area (Å²) in [5.74, 6) is 0. The van der Waals surface area contributed by atoms with Crippen molar-refractivity contribution in [3.8, 4) is 0 Å². The van der Waals surface area contributed by atoms with E-state index in [9.17, 15) is 13.0 Å². The lowest BCUT2D eigenvalue weighted by atomic mass is 10.0. The third kappa shape index (κ3) is 2.46. The summed E-state index contributed by atoms with van der Waals surface area (Å²) in [7, 11) is -4.67. The lowest BCUT2D eigenvalue weighted by Gasteiger charge is -2.13. The Balaban J connectivity index is 1.96. The number of fused-ring (bicyclic) bond motifs is 2.